The minimum Gasteiger partial charge on any atom is -0.359 e. The second-order valence-corrected chi connectivity index (χ2v) is 5.36. The predicted molar refractivity (Wildman–Crippen MR) is 76.8 cm³/mol. The highest BCUT2D eigenvalue weighted by atomic mass is 16.2. The summed E-state index contributed by atoms with van der Waals surface area (Å²) in [7, 11) is 1.67. The zero-order valence-electron chi connectivity index (χ0n) is 12.7. The fourth-order valence-electron chi connectivity index (χ4n) is 2.03. The second kappa shape index (κ2) is 6.70. The Hall–Kier alpha value is -1.36. The van der Waals surface area contributed by atoms with Gasteiger partial charge in [0.2, 0.25) is 5.91 Å². The van der Waals surface area contributed by atoms with E-state index in [0.717, 1.165) is 25.2 Å². The first-order valence-corrected chi connectivity index (χ1v) is 6.93. The van der Waals surface area contributed by atoms with Crippen molar-refractivity contribution in [2.45, 2.75) is 47.2 Å². The van der Waals surface area contributed by atoms with Crippen LogP contribution in [0.4, 0.5) is 0 Å². The molecule has 5 nitrogen and oxygen atoms in total. The highest BCUT2D eigenvalue weighted by Crippen LogP contribution is 2.14. The number of aryl methyl sites for hydroxylation is 2. The summed E-state index contributed by atoms with van der Waals surface area (Å²) in [4.78, 5) is 11.7. The van der Waals surface area contributed by atoms with E-state index < -0.39 is 5.41 Å². The molecule has 0 saturated heterocycles. The Labute approximate surface area is 115 Å². The van der Waals surface area contributed by atoms with Crippen molar-refractivity contribution in [2.24, 2.45) is 5.41 Å². The van der Waals surface area contributed by atoms with E-state index in [2.05, 4.69) is 35.6 Å². The molecule has 1 aromatic heterocycles. The Morgan fingerprint density at radius 3 is 2.63 bits per heavy atom. The van der Waals surface area contributed by atoms with Gasteiger partial charge in [-0.05, 0) is 33.3 Å². The molecule has 0 aromatic carbocycles. The van der Waals surface area contributed by atoms with Gasteiger partial charge in [0.05, 0.1) is 16.8 Å². The SMILES string of the molecule is CCc1cc(CNCC(C)(C)C(=O)NC)n(CC)n1. The van der Waals surface area contributed by atoms with Crippen LogP contribution in [0.5, 0.6) is 0 Å². The molecule has 1 aromatic rings. The molecule has 0 spiro atoms. The van der Waals surface area contributed by atoms with E-state index in [1.165, 1.54) is 5.69 Å². The molecule has 0 aliphatic carbocycles. The van der Waals surface area contributed by atoms with Gasteiger partial charge in [-0.1, -0.05) is 6.92 Å². The fourth-order valence-corrected chi connectivity index (χ4v) is 2.03. The van der Waals surface area contributed by atoms with Crippen LogP contribution in [-0.2, 0) is 24.3 Å². The summed E-state index contributed by atoms with van der Waals surface area (Å²) >= 11 is 0. The van der Waals surface area contributed by atoms with Crippen LogP contribution in [0.15, 0.2) is 6.07 Å². The summed E-state index contributed by atoms with van der Waals surface area (Å²) < 4.78 is 2.01. The Morgan fingerprint density at radius 1 is 1.42 bits per heavy atom. The molecular weight excluding hydrogens is 240 g/mol. The molecule has 0 radical (unpaired) electrons. The highest BCUT2D eigenvalue weighted by Gasteiger charge is 2.25. The number of aromatic nitrogens is 2. The molecule has 108 valence electrons. The van der Waals surface area contributed by atoms with Crippen LogP contribution < -0.4 is 10.6 Å². The van der Waals surface area contributed by atoms with Gasteiger partial charge in [-0.25, -0.2) is 0 Å². The van der Waals surface area contributed by atoms with Gasteiger partial charge in [0.25, 0.3) is 0 Å². The molecule has 0 aliphatic heterocycles. The Kier molecular flexibility index (Phi) is 5.54. The number of carbonyl (C=O) groups excluding carboxylic acids is 1. The zero-order chi connectivity index (χ0) is 14.5. The average Bonchev–Trinajstić information content (AvgIpc) is 2.80. The minimum absolute atomic E-state index is 0.0539. The van der Waals surface area contributed by atoms with Crippen LogP contribution >= 0.6 is 0 Å². The third kappa shape index (κ3) is 4.06. The number of rotatable bonds is 7. The molecule has 0 fully saturated rings. The van der Waals surface area contributed by atoms with Crippen molar-refractivity contribution < 1.29 is 4.79 Å². The minimum atomic E-state index is -0.403. The second-order valence-electron chi connectivity index (χ2n) is 5.36. The van der Waals surface area contributed by atoms with Crippen LogP contribution in [0.1, 0.15) is 39.1 Å². The van der Waals surface area contributed by atoms with Crippen LogP contribution in [0.25, 0.3) is 0 Å². The molecule has 2 N–H and O–H groups in total. The van der Waals surface area contributed by atoms with E-state index in [9.17, 15) is 4.79 Å². The lowest BCUT2D eigenvalue weighted by Crippen LogP contribution is -2.42. The van der Waals surface area contributed by atoms with Crippen molar-refractivity contribution in [3.05, 3.63) is 17.5 Å². The monoisotopic (exact) mass is 266 g/mol. The number of carbonyl (C=O) groups is 1. The average molecular weight is 266 g/mol. The maximum atomic E-state index is 11.7. The Morgan fingerprint density at radius 2 is 2.11 bits per heavy atom. The molecule has 0 saturated carbocycles. The lowest BCUT2D eigenvalue weighted by Gasteiger charge is -2.22. The normalized spacial score (nSPS) is 11.6. The summed E-state index contributed by atoms with van der Waals surface area (Å²) in [5.74, 6) is 0.0539. The summed E-state index contributed by atoms with van der Waals surface area (Å²) in [6.45, 7) is 10.3. The number of hydrogen-bond acceptors (Lipinski definition) is 3. The van der Waals surface area contributed by atoms with Crippen LogP contribution in [0.2, 0.25) is 0 Å². The number of nitrogens with zero attached hydrogens (tertiary/aromatic N) is 2. The smallest absolute Gasteiger partial charge is 0.226 e. The molecule has 19 heavy (non-hydrogen) atoms. The van der Waals surface area contributed by atoms with Crippen LogP contribution in [-0.4, -0.2) is 29.3 Å². The first-order chi connectivity index (χ1) is 8.94. The van der Waals surface area contributed by atoms with Gasteiger partial charge in [0, 0.05) is 26.7 Å². The standard InChI is InChI=1S/C14H26N4O/c1-6-11-8-12(18(7-2)17-11)9-16-10-14(3,4)13(19)15-5/h8,16H,6-7,9-10H2,1-5H3,(H,15,19). The van der Waals surface area contributed by atoms with Gasteiger partial charge in [-0.15, -0.1) is 0 Å². The van der Waals surface area contributed by atoms with Crippen LogP contribution in [0.3, 0.4) is 0 Å². The Bertz CT molecular complexity index is 423. The van der Waals surface area contributed by atoms with Crippen molar-refractivity contribution in [3.8, 4) is 0 Å². The van der Waals surface area contributed by atoms with E-state index in [-0.39, 0.29) is 5.91 Å². The molecule has 1 rings (SSSR count). The number of hydrogen-bond donors (Lipinski definition) is 2. The number of amides is 1. The molecule has 5 heteroatoms. The van der Waals surface area contributed by atoms with Crippen molar-refractivity contribution in [1.82, 2.24) is 20.4 Å². The summed E-state index contributed by atoms with van der Waals surface area (Å²) in [5.41, 5.74) is 1.88. The lowest BCUT2D eigenvalue weighted by molar-refractivity contribution is -0.128. The quantitative estimate of drug-likeness (QED) is 0.782. The molecular formula is C14H26N4O. The van der Waals surface area contributed by atoms with Gasteiger partial charge in [0.1, 0.15) is 0 Å². The maximum Gasteiger partial charge on any atom is 0.226 e. The summed E-state index contributed by atoms with van der Waals surface area (Å²) in [6, 6.07) is 2.13. The fraction of sp³-hybridized carbons (Fsp3) is 0.714. The van der Waals surface area contributed by atoms with E-state index >= 15 is 0 Å². The van der Waals surface area contributed by atoms with Gasteiger partial charge < -0.3 is 10.6 Å². The Balaban J connectivity index is 2.57. The van der Waals surface area contributed by atoms with Crippen molar-refractivity contribution in [2.75, 3.05) is 13.6 Å². The number of nitrogens with one attached hydrogen (secondary N) is 2. The highest BCUT2D eigenvalue weighted by molar-refractivity contribution is 5.81. The van der Waals surface area contributed by atoms with Gasteiger partial charge >= 0.3 is 0 Å². The van der Waals surface area contributed by atoms with Crippen molar-refractivity contribution in [3.63, 3.8) is 0 Å². The first-order valence-electron chi connectivity index (χ1n) is 6.93. The van der Waals surface area contributed by atoms with E-state index in [1.807, 2.05) is 18.5 Å². The molecule has 0 atom stereocenters. The third-order valence-corrected chi connectivity index (χ3v) is 3.29. The summed E-state index contributed by atoms with van der Waals surface area (Å²) in [5, 5.41) is 10.6. The van der Waals surface area contributed by atoms with Gasteiger partial charge in [-0.2, -0.15) is 5.10 Å². The van der Waals surface area contributed by atoms with Gasteiger partial charge in [0.15, 0.2) is 0 Å². The molecule has 0 bridgehead atoms. The van der Waals surface area contributed by atoms with E-state index in [0.29, 0.717) is 6.54 Å². The predicted octanol–water partition coefficient (Wildman–Crippen LogP) is 1.33. The first kappa shape index (κ1) is 15.7. The third-order valence-electron chi connectivity index (χ3n) is 3.29. The van der Waals surface area contributed by atoms with Crippen molar-refractivity contribution >= 4 is 5.91 Å². The zero-order valence-corrected chi connectivity index (χ0v) is 12.7. The molecule has 0 aliphatic rings. The van der Waals surface area contributed by atoms with E-state index in [1.54, 1.807) is 7.05 Å². The van der Waals surface area contributed by atoms with E-state index in [4.69, 9.17) is 0 Å². The van der Waals surface area contributed by atoms with Crippen molar-refractivity contribution in [1.29, 1.82) is 0 Å². The lowest BCUT2D eigenvalue weighted by atomic mass is 9.92. The van der Waals surface area contributed by atoms with Crippen LogP contribution in [0, 0.1) is 5.41 Å². The largest absolute Gasteiger partial charge is 0.359 e. The maximum absolute atomic E-state index is 11.7. The summed E-state index contributed by atoms with van der Waals surface area (Å²) in [6.07, 6.45) is 0.948. The van der Waals surface area contributed by atoms with Gasteiger partial charge in [-0.3, -0.25) is 9.48 Å². The molecule has 1 amide bonds. The molecule has 1 heterocycles. The topological polar surface area (TPSA) is 59.0 Å². The molecule has 0 unspecified atom stereocenters.